The van der Waals surface area contributed by atoms with E-state index in [0.29, 0.717) is 5.92 Å². The van der Waals surface area contributed by atoms with E-state index in [4.69, 9.17) is 5.11 Å². The number of likely N-dealkylation sites (tertiary alicyclic amines) is 1. The molecule has 46 valence electrons. The molecule has 0 amide bonds. The topological polar surface area (TPSA) is 23.5 Å². The molecule has 1 saturated carbocycles. The van der Waals surface area contributed by atoms with Crippen molar-refractivity contribution in [3.05, 3.63) is 0 Å². The molecular formula is C6H11NO. The minimum absolute atomic E-state index is 0.0381. The highest BCUT2D eigenvalue weighted by molar-refractivity contribution is 5.03. The maximum atomic E-state index is 9.03. The van der Waals surface area contributed by atoms with Crippen molar-refractivity contribution in [3.63, 3.8) is 0 Å². The van der Waals surface area contributed by atoms with Gasteiger partial charge in [0.25, 0.3) is 0 Å². The maximum Gasteiger partial charge on any atom is 0.0610 e. The van der Waals surface area contributed by atoms with Crippen LogP contribution in [0, 0.1) is 5.92 Å². The Morgan fingerprint density at radius 1 is 1.62 bits per heavy atom. The van der Waals surface area contributed by atoms with E-state index in [1.165, 1.54) is 0 Å². The van der Waals surface area contributed by atoms with Gasteiger partial charge >= 0.3 is 0 Å². The van der Waals surface area contributed by atoms with Crippen LogP contribution in [0.3, 0.4) is 0 Å². The van der Waals surface area contributed by atoms with E-state index >= 15 is 0 Å². The van der Waals surface area contributed by atoms with E-state index in [1.807, 2.05) is 0 Å². The summed E-state index contributed by atoms with van der Waals surface area (Å²) >= 11 is 0. The van der Waals surface area contributed by atoms with Crippen LogP contribution >= 0.6 is 0 Å². The highest BCUT2D eigenvalue weighted by atomic mass is 16.3. The van der Waals surface area contributed by atoms with Crippen molar-refractivity contribution in [1.29, 1.82) is 0 Å². The Balaban J connectivity index is 1.96. The lowest BCUT2D eigenvalue weighted by molar-refractivity contribution is -0.138. The molecule has 2 aliphatic rings. The van der Waals surface area contributed by atoms with Crippen LogP contribution in [0.4, 0.5) is 0 Å². The van der Waals surface area contributed by atoms with E-state index in [2.05, 4.69) is 11.9 Å². The van der Waals surface area contributed by atoms with Crippen LogP contribution in [0.15, 0.2) is 0 Å². The first-order valence-electron chi connectivity index (χ1n) is 3.17. The molecule has 1 saturated heterocycles. The number of hydrogen-bond acceptors (Lipinski definition) is 2. The van der Waals surface area contributed by atoms with Gasteiger partial charge in [0.05, 0.1) is 6.10 Å². The van der Waals surface area contributed by atoms with Crippen molar-refractivity contribution in [2.24, 2.45) is 5.92 Å². The van der Waals surface area contributed by atoms with Crippen LogP contribution < -0.4 is 0 Å². The summed E-state index contributed by atoms with van der Waals surface area (Å²) < 4.78 is 0. The molecule has 1 aliphatic heterocycles. The van der Waals surface area contributed by atoms with Gasteiger partial charge < -0.3 is 10.0 Å². The van der Waals surface area contributed by atoms with Crippen LogP contribution in [-0.2, 0) is 0 Å². The van der Waals surface area contributed by atoms with Crippen molar-refractivity contribution < 1.29 is 5.11 Å². The second-order valence-electron chi connectivity index (χ2n) is 2.97. The largest absolute Gasteiger partial charge is 0.393 e. The number of aliphatic hydroxyl groups excluding tert-OH is 1. The number of nitrogens with zero attached hydrogens (tertiary/aromatic N) is 1. The van der Waals surface area contributed by atoms with E-state index in [1.54, 1.807) is 0 Å². The van der Waals surface area contributed by atoms with Gasteiger partial charge in [0.15, 0.2) is 0 Å². The van der Waals surface area contributed by atoms with Gasteiger partial charge in [-0.1, -0.05) is 0 Å². The molecule has 0 bridgehead atoms. The second kappa shape index (κ2) is 1.25. The Morgan fingerprint density at radius 3 is 2.50 bits per heavy atom. The average Bonchev–Trinajstić information content (AvgIpc) is 1.76. The summed E-state index contributed by atoms with van der Waals surface area (Å²) in [5.74, 6) is 0.639. The fourth-order valence-electron chi connectivity index (χ4n) is 1.74. The zero-order chi connectivity index (χ0) is 5.72. The van der Waals surface area contributed by atoms with Gasteiger partial charge in [-0.15, -0.1) is 0 Å². The van der Waals surface area contributed by atoms with Crippen molar-refractivity contribution in [1.82, 2.24) is 4.90 Å². The van der Waals surface area contributed by atoms with Gasteiger partial charge in [-0.3, -0.25) is 0 Å². The van der Waals surface area contributed by atoms with Gasteiger partial charge in [-0.25, -0.2) is 0 Å². The van der Waals surface area contributed by atoms with Gasteiger partial charge in [0.1, 0.15) is 0 Å². The molecule has 3 atom stereocenters. The molecule has 0 spiro atoms. The zero-order valence-electron chi connectivity index (χ0n) is 5.04. The minimum atomic E-state index is 0.0381. The number of rotatable bonds is 0. The van der Waals surface area contributed by atoms with Gasteiger partial charge in [-0.2, -0.15) is 0 Å². The van der Waals surface area contributed by atoms with Crippen LogP contribution in [0.2, 0.25) is 0 Å². The van der Waals surface area contributed by atoms with Gasteiger partial charge in [-0.05, 0) is 13.5 Å². The molecule has 8 heavy (non-hydrogen) atoms. The number of piperidine rings is 1. The molecule has 0 aromatic heterocycles. The fourth-order valence-corrected chi connectivity index (χ4v) is 1.74. The number of fused-ring (bicyclic) bond motifs is 1. The van der Waals surface area contributed by atoms with Crippen LogP contribution in [0.25, 0.3) is 0 Å². The van der Waals surface area contributed by atoms with Crippen molar-refractivity contribution in [2.75, 3.05) is 13.6 Å². The van der Waals surface area contributed by atoms with Crippen molar-refractivity contribution >= 4 is 0 Å². The second-order valence-corrected chi connectivity index (χ2v) is 2.97. The van der Waals surface area contributed by atoms with Crippen molar-refractivity contribution in [3.8, 4) is 0 Å². The first kappa shape index (κ1) is 4.77. The third-order valence-electron chi connectivity index (χ3n) is 2.54. The molecule has 3 unspecified atom stereocenters. The van der Waals surface area contributed by atoms with E-state index < -0.39 is 0 Å². The molecule has 1 heterocycles. The summed E-state index contributed by atoms with van der Waals surface area (Å²) in [5.41, 5.74) is 0. The normalized spacial score (nSPS) is 54.0. The molecular weight excluding hydrogens is 102 g/mol. The average molecular weight is 113 g/mol. The Hall–Kier alpha value is -0.0800. The van der Waals surface area contributed by atoms with E-state index in [-0.39, 0.29) is 6.10 Å². The lowest BCUT2D eigenvalue weighted by atomic mass is 9.69. The van der Waals surface area contributed by atoms with Crippen molar-refractivity contribution in [2.45, 2.75) is 18.6 Å². The number of aliphatic hydroxyl groups is 1. The predicted molar refractivity (Wildman–Crippen MR) is 30.5 cm³/mol. The number of hydrogen-bond donors (Lipinski definition) is 1. The lowest BCUT2D eigenvalue weighted by Crippen LogP contribution is -2.67. The summed E-state index contributed by atoms with van der Waals surface area (Å²) in [6.45, 7) is 1.12. The molecule has 1 N–H and O–H groups in total. The SMILES string of the molecule is CN1CC2C(O)CC21. The third-order valence-corrected chi connectivity index (χ3v) is 2.54. The molecule has 0 radical (unpaired) electrons. The smallest absolute Gasteiger partial charge is 0.0610 e. The summed E-state index contributed by atoms with van der Waals surface area (Å²) in [4.78, 5) is 2.30. The monoisotopic (exact) mass is 113 g/mol. The molecule has 2 nitrogen and oxygen atoms in total. The Labute approximate surface area is 49.1 Å². The molecule has 0 aromatic carbocycles. The lowest BCUT2D eigenvalue weighted by Gasteiger charge is -2.57. The fraction of sp³-hybridized carbons (Fsp3) is 1.00. The molecule has 2 fully saturated rings. The molecule has 0 aromatic rings. The first-order valence-corrected chi connectivity index (χ1v) is 3.17. The van der Waals surface area contributed by atoms with E-state index in [0.717, 1.165) is 19.0 Å². The standard InChI is InChI=1S/C6H11NO/c1-7-3-4-5(7)2-6(4)8/h4-6,8H,2-3H2,1H3. The predicted octanol–water partition coefficient (Wildman–Crippen LogP) is -0.319. The summed E-state index contributed by atoms with van der Waals surface area (Å²) in [6.07, 6.45) is 1.05. The minimum Gasteiger partial charge on any atom is -0.393 e. The molecule has 1 aliphatic carbocycles. The summed E-state index contributed by atoms with van der Waals surface area (Å²) in [7, 11) is 2.12. The zero-order valence-corrected chi connectivity index (χ0v) is 5.04. The Bertz CT molecular complexity index is 101. The highest BCUT2D eigenvalue weighted by Gasteiger charge is 2.50. The Morgan fingerprint density at radius 2 is 2.38 bits per heavy atom. The first-order chi connectivity index (χ1) is 3.79. The van der Waals surface area contributed by atoms with Crippen LogP contribution in [0.5, 0.6) is 0 Å². The van der Waals surface area contributed by atoms with Crippen LogP contribution in [-0.4, -0.2) is 35.7 Å². The maximum absolute atomic E-state index is 9.03. The summed E-state index contributed by atoms with van der Waals surface area (Å²) in [6, 6.07) is 0.741. The molecule has 2 heteroatoms. The highest BCUT2D eigenvalue weighted by Crippen LogP contribution is 2.40. The summed E-state index contributed by atoms with van der Waals surface area (Å²) in [5, 5.41) is 9.03. The van der Waals surface area contributed by atoms with Gasteiger partial charge in [0, 0.05) is 18.5 Å². The van der Waals surface area contributed by atoms with E-state index in [9.17, 15) is 0 Å². The third kappa shape index (κ3) is 0.361. The Kier molecular flexibility index (Phi) is 0.746. The quantitative estimate of drug-likeness (QED) is 0.465. The molecule has 2 rings (SSSR count). The van der Waals surface area contributed by atoms with Gasteiger partial charge in [0.2, 0.25) is 0 Å². The van der Waals surface area contributed by atoms with Crippen LogP contribution in [0.1, 0.15) is 6.42 Å².